The molecule has 190 valence electrons. The van der Waals surface area contributed by atoms with Crippen LogP contribution in [0.25, 0.3) is 11.3 Å². The van der Waals surface area contributed by atoms with E-state index in [-0.39, 0.29) is 13.2 Å². The highest BCUT2D eigenvalue weighted by atomic mass is 16.4. The number of aliphatic hydroxyl groups is 4. The van der Waals surface area contributed by atoms with Crippen LogP contribution in [0.2, 0.25) is 0 Å². The minimum atomic E-state index is -1.25. The van der Waals surface area contributed by atoms with Crippen molar-refractivity contribution in [3.05, 3.63) is 77.5 Å². The second kappa shape index (κ2) is 10.6. The topological polar surface area (TPSA) is 113 Å². The average molecular weight is 491 g/mol. The van der Waals surface area contributed by atoms with Gasteiger partial charge >= 0.3 is 0 Å². The summed E-state index contributed by atoms with van der Waals surface area (Å²) in [6, 6.07) is 18.2. The molecule has 0 spiro atoms. The molecule has 36 heavy (non-hydrogen) atoms. The average Bonchev–Trinajstić information content (AvgIpc) is 3.75. The van der Waals surface area contributed by atoms with Crippen LogP contribution < -0.4 is 4.90 Å². The highest BCUT2D eigenvalue weighted by Crippen LogP contribution is 2.42. The summed E-state index contributed by atoms with van der Waals surface area (Å²) >= 11 is 0. The standard InChI is InChI=1S/C28H34N4O4/c1-31(23-12-21(20-8-9-20)11-22(13-23)24-3-2-10-29-30-24)14-18-4-6-19(7-5-18)15-32-16-26(34)28(36)27(35)25(32)17-33/h2-7,10-13,20,25-28,33-36H,8-9,14-17H2,1H3/t25-,26+,27-,28-/m1/s1. The largest absolute Gasteiger partial charge is 0.395 e. The van der Waals surface area contributed by atoms with E-state index < -0.39 is 24.4 Å². The predicted molar refractivity (Wildman–Crippen MR) is 137 cm³/mol. The summed E-state index contributed by atoms with van der Waals surface area (Å²) in [5.41, 5.74) is 6.62. The van der Waals surface area contributed by atoms with E-state index in [0.29, 0.717) is 12.5 Å². The molecule has 2 fully saturated rings. The Hall–Kier alpha value is -2.88. The number of aromatic nitrogens is 2. The maximum absolute atomic E-state index is 10.2. The molecule has 4 N–H and O–H groups in total. The Morgan fingerprint density at radius 3 is 2.39 bits per heavy atom. The zero-order valence-corrected chi connectivity index (χ0v) is 20.5. The number of hydrogen-bond donors (Lipinski definition) is 4. The minimum Gasteiger partial charge on any atom is -0.395 e. The van der Waals surface area contributed by atoms with Gasteiger partial charge in [0.15, 0.2) is 0 Å². The lowest BCUT2D eigenvalue weighted by atomic mass is 9.93. The third kappa shape index (κ3) is 5.43. The summed E-state index contributed by atoms with van der Waals surface area (Å²) in [6.07, 6.45) is 0.669. The van der Waals surface area contributed by atoms with Crippen LogP contribution in [0.4, 0.5) is 5.69 Å². The minimum absolute atomic E-state index is 0.194. The first-order valence-electron chi connectivity index (χ1n) is 12.5. The number of anilines is 1. The summed E-state index contributed by atoms with van der Waals surface area (Å²) in [4.78, 5) is 4.06. The Bertz CT molecular complexity index is 1160. The van der Waals surface area contributed by atoms with E-state index in [1.54, 1.807) is 6.20 Å². The van der Waals surface area contributed by atoms with Gasteiger partial charge in [-0.2, -0.15) is 10.2 Å². The lowest BCUT2D eigenvalue weighted by Gasteiger charge is -2.43. The molecule has 4 atom stereocenters. The summed E-state index contributed by atoms with van der Waals surface area (Å²) in [5.74, 6) is 0.628. The zero-order valence-electron chi connectivity index (χ0n) is 20.5. The SMILES string of the molecule is CN(Cc1ccc(CN2C[C@H](O)[C@@H](O)[C@H](O)[C@H]2CO)cc1)c1cc(-c2cccnn2)cc(C2CC2)c1. The number of β-amino-alcohol motifs (C(OH)–C–C–N with tert-alkyl or cyclic N) is 1. The Balaban J connectivity index is 1.28. The number of nitrogens with zero attached hydrogens (tertiary/aromatic N) is 4. The molecule has 3 aromatic rings. The van der Waals surface area contributed by atoms with E-state index in [4.69, 9.17) is 0 Å². The van der Waals surface area contributed by atoms with Crippen molar-refractivity contribution in [1.82, 2.24) is 15.1 Å². The van der Waals surface area contributed by atoms with Gasteiger partial charge in [0.25, 0.3) is 0 Å². The molecule has 0 amide bonds. The van der Waals surface area contributed by atoms with E-state index >= 15 is 0 Å². The Morgan fingerprint density at radius 2 is 1.72 bits per heavy atom. The molecule has 0 radical (unpaired) electrons. The second-order valence-corrected chi connectivity index (χ2v) is 10.1. The molecular formula is C28H34N4O4. The number of rotatable bonds is 8. The number of likely N-dealkylation sites (tertiary alicyclic amines) is 1. The molecule has 1 saturated heterocycles. The van der Waals surface area contributed by atoms with Crippen molar-refractivity contribution in [2.45, 2.75) is 56.2 Å². The van der Waals surface area contributed by atoms with Crippen molar-refractivity contribution in [2.24, 2.45) is 0 Å². The van der Waals surface area contributed by atoms with Crippen molar-refractivity contribution < 1.29 is 20.4 Å². The van der Waals surface area contributed by atoms with E-state index in [1.165, 1.54) is 18.4 Å². The molecule has 1 aromatic heterocycles. The van der Waals surface area contributed by atoms with Crippen LogP contribution in [-0.4, -0.2) is 80.1 Å². The lowest BCUT2D eigenvalue weighted by molar-refractivity contribution is -0.147. The predicted octanol–water partition coefficient (Wildman–Crippen LogP) is 1.92. The highest BCUT2D eigenvalue weighted by Gasteiger charge is 2.40. The van der Waals surface area contributed by atoms with Crippen LogP contribution >= 0.6 is 0 Å². The van der Waals surface area contributed by atoms with Gasteiger partial charge in [0.05, 0.1) is 24.4 Å². The molecule has 2 heterocycles. The highest BCUT2D eigenvalue weighted by molar-refractivity contribution is 5.67. The first-order valence-corrected chi connectivity index (χ1v) is 12.5. The summed E-state index contributed by atoms with van der Waals surface area (Å²) in [6.45, 7) is 1.11. The van der Waals surface area contributed by atoms with Gasteiger partial charge in [-0.05, 0) is 65.8 Å². The van der Waals surface area contributed by atoms with Crippen LogP contribution in [0, 0.1) is 0 Å². The fourth-order valence-electron chi connectivity index (χ4n) is 5.02. The van der Waals surface area contributed by atoms with Gasteiger partial charge in [-0.25, -0.2) is 0 Å². The van der Waals surface area contributed by atoms with E-state index in [0.717, 1.165) is 34.6 Å². The van der Waals surface area contributed by atoms with Gasteiger partial charge < -0.3 is 25.3 Å². The third-order valence-electron chi connectivity index (χ3n) is 7.34. The van der Waals surface area contributed by atoms with Crippen molar-refractivity contribution in [3.63, 3.8) is 0 Å². The monoisotopic (exact) mass is 490 g/mol. The second-order valence-electron chi connectivity index (χ2n) is 10.1. The Morgan fingerprint density at radius 1 is 0.972 bits per heavy atom. The van der Waals surface area contributed by atoms with Gasteiger partial charge in [-0.15, -0.1) is 0 Å². The van der Waals surface area contributed by atoms with Crippen molar-refractivity contribution >= 4 is 5.69 Å². The number of piperidine rings is 1. The molecule has 8 nitrogen and oxygen atoms in total. The van der Waals surface area contributed by atoms with Gasteiger partial charge in [-0.1, -0.05) is 24.3 Å². The molecule has 8 heteroatoms. The molecule has 0 unspecified atom stereocenters. The van der Waals surface area contributed by atoms with Gasteiger partial charge in [0, 0.05) is 44.1 Å². The zero-order chi connectivity index (χ0) is 25.2. The van der Waals surface area contributed by atoms with Crippen LogP contribution in [0.3, 0.4) is 0 Å². The van der Waals surface area contributed by atoms with Gasteiger partial charge in [-0.3, -0.25) is 4.90 Å². The summed E-state index contributed by atoms with van der Waals surface area (Å²) in [5, 5.41) is 48.3. The van der Waals surface area contributed by atoms with Crippen molar-refractivity contribution in [1.29, 1.82) is 0 Å². The fourth-order valence-corrected chi connectivity index (χ4v) is 5.02. The molecule has 1 aliphatic heterocycles. The summed E-state index contributed by atoms with van der Waals surface area (Å²) < 4.78 is 0. The van der Waals surface area contributed by atoms with Gasteiger partial charge in [0.1, 0.15) is 12.2 Å². The number of hydrogen-bond acceptors (Lipinski definition) is 8. The smallest absolute Gasteiger partial charge is 0.109 e. The Labute approximate surface area is 211 Å². The molecule has 1 aliphatic carbocycles. The van der Waals surface area contributed by atoms with E-state index in [2.05, 4.69) is 52.5 Å². The quantitative estimate of drug-likeness (QED) is 0.379. The van der Waals surface area contributed by atoms with Crippen molar-refractivity contribution in [3.8, 4) is 11.3 Å². The lowest BCUT2D eigenvalue weighted by Crippen LogP contribution is -2.62. The van der Waals surface area contributed by atoms with E-state index in [1.807, 2.05) is 29.2 Å². The third-order valence-corrected chi connectivity index (χ3v) is 7.34. The first kappa shape index (κ1) is 24.8. The maximum atomic E-state index is 10.2. The molecular weight excluding hydrogens is 456 g/mol. The van der Waals surface area contributed by atoms with Crippen molar-refractivity contribution in [2.75, 3.05) is 25.1 Å². The van der Waals surface area contributed by atoms with Crippen LogP contribution in [0.15, 0.2) is 60.8 Å². The number of benzene rings is 2. The van der Waals surface area contributed by atoms with Crippen LogP contribution in [0.1, 0.15) is 35.4 Å². The molecule has 1 saturated carbocycles. The molecule has 5 rings (SSSR count). The van der Waals surface area contributed by atoms with Gasteiger partial charge in [0.2, 0.25) is 0 Å². The molecule has 2 aliphatic rings. The van der Waals surface area contributed by atoms with Crippen LogP contribution in [0.5, 0.6) is 0 Å². The number of aliphatic hydroxyl groups excluding tert-OH is 4. The fraction of sp³-hybridized carbons (Fsp3) is 0.429. The van der Waals surface area contributed by atoms with E-state index in [9.17, 15) is 20.4 Å². The normalized spacial score (nSPS) is 24.6. The van der Waals surface area contributed by atoms with Crippen LogP contribution in [-0.2, 0) is 13.1 Å². The maximum Gasteiger partial charge on any atom is 0.109 e. The molecule has 0 bridgehead atoms. The first-order chi connectivity index (χ1) is 17.4. The molecule has 2 aromatic carbocycles. The summed E-state index contributed by atoms with van der Waals surface area (Å²) in [7, 11) is 2.09. The Kier molecular flexibility index (Phi) is 7.32.